The van der Waals surface area contributed by atoms with Crippen molar-refractivity contribution in [2.24, 2.45) is 5.10 Å². The Labute approximate surface area is 139 Å². The first-order chi connectivity index (χ1) is 11.1. The predicted octanol–water partition coefficient (Wildman–Crippen LogP) is 3.40. The lowest BCUT2D eigenvalue weighted by Gasteiger charge is -2.12. The van der Waals surface area contributed by atoms with E-state index in [1.165, 1.54) is 13.1 Å². The molecular formula is C17H17ClN2O3. The number of carbonyl (C=O) groups excluding carboxylic acids is 1. The van der Waals surface area contributed by atoms with Crippen LogP contribution in [-0.4, -0.2) is 19.2 Å². The molecule has 2 rings (SSSR count). The van der Waals surface area contributed by atoms with Crippen LogP contribution in [0.15, 0.2) is 47.6 Å². The van der Waals surface area contributed by atoms with Gasteiger partial charge in [-0.05, 0) is 29.8 Å². The van der Waals surface area contributed by atoms with Gasteiger partial charge in [-0.3, -0.25) is 4.79 Å². The van der Waals surface area contributed by atoms with Crippen molar-refractivity contribution in [3.05, 3.63) is 58.6 Å². The number of hydrazone groups is 1. The third-order valence-electron chi connectivity index (χ3n) is 2.96. The lowest BCUT2D eigenvalue weighted by Crippen LogP contribution is -2.12. The highest BCUT2D eigenvalue weighted by Gasteiger charge is 2.07. The number of hydrogen-bond acceptors (Lipinski definition) is 4. The molecule has 0 saturated heterocycles. The quantitative estimate of drug-likeness (QED) is 0.651. The highest BCUT2D eigenvalue weighted by molar-refractivity contribution is 6.31. The van der Waals surface area contributed by atoms with Crippen LogP contribution in [0, 0.1) is 0 Å². The Morgan fingerprint density at radius 2 is 2.04 bits per heavy atom. The fourth-order valence-electron chi connectivity index (χ4n) is 1.85. The van der Waals surface area contributed by atoms with Crippen molar-refractivity contribution in [2.45, 2.75) is 13.5 Å². The minimum atomic E-state index is -0.229. The highest BCUT2D eigenvalue weighted by atomic mass is 35.5. The van der Waals surface area contributed by atoms with Crippen LogP contribution in [0.5, 0.6) is 11.5 Å². The van der Waals surface area contributed by atoms with Gasteiger partial charge in [-0.2, -0.15) is 5.10 Å². The van der Waals surface area contributed by atoms with E-state index in [0.29, 0.717) is 23.1 Å². The summed E-state index contributed by atoms with van der Waals surface area (Å²) in [6, 6.07) is 12.9. The summed E-state index contributed by atoms with van der Waals surface area (Å²) in [6.07, 6.45) is 1.53. The first-order valence-corrected chi connectivity index (χ1v) is 7.32. The van der Waals surface area contributed by atoms with Crippen LogP contribution < -0.4 is 14.9 Å². The number of methoxy groups -OCH3 is 1. The molecule has 2 aromatic carbocycles. The lowest BCUT2D eigenvalue weighted by atomic mass is 10.2. The smallest absolute Gasteiger partial charge is 0.236 e. The number of rotatable bonds is 6. The summed E-state index contributed by atoms with van der Waals surface area (Å²) in [7, 11) is 1.56. The van der Waals surface area contributed by atoms with Crippen LogP contribution in [0.3, 0.4) is 0 Å². The first kappa shape index (κ1) is 16.8. The molecule has 0 atom stereocenters. The zero-order valence-electron chi connectivity index (χ0n) is 12.9. The van der Waals surface area contributed by atoms with Crippen molar-refractivity contribution in [3.63, 3.8) is 0 Å². The zero-order valence-corrected chi connectivity index (χ0v) is 13.6. The van der Waals surface area contributed by atoms with Crippen molar-refractivity contribution in [1.82, 2.24) is 5.43 Å². The molecule has 0 aromatic heterocycles. The average molecular weight is 333 g/mol. The van der Waals surface area contributed by atoms with Crippen molar-refractivity contribution in [3.8, 4) is 11.5 Å². The van der Waals surface area contributed by atoms with Gasteiger partial charge in [-0.25, -0.2) is 5.43 Å². The second-order valence-corrected chi connectivity index (χ2v) is 5.12. The standard InChI is InChI=1S/C17H17ClN2O3/c1-12(21)20-19-10-13-7-8-16(17(9-13)22-2)23-11-14-5-3-4-6-15(14)18/h3-10H,11H2,1-2H3,(H,20,21)/b19-10-. The highest BCUT2D eigenvalue weighted by Crippen LogP contribution is 2.29. The average Bonchev–Trinajstić information content (AvgIpc) is 2.54. The van der Waals surface area contributed by atoms with Gasteiger partial charge in [-0.1, -0.05) is 29.8 Å². The molecule has 6 heteroatoms. The topological polar surface area (TPSA) is 59.9 Å². The molecule has 0 fully saturated rings. The van der Waals surface area contributed by atoms with E-state index in [9.17, 15) is 4.79 Å². The van der Waals surface area contributed by atoms with Gasteiger partial charge in [0.15, 0.2) is 11.5 Å². The Balaban J connectivity index is 2.09. The Morgan fingerprint density at radius 1 is 1.26 bits per heavy atom. The Bertz CT molecular complexity index is 717. The van der Waals surface area contributed by atoms with Crippen molar-refractivity contribution < 1.29 is 14.3 Å². The molecule has 2 aromatic rings. The number of ether oxygens (including phenoxy) is 2. The third-order valence-corrected chi connectivity index (χ3v) is 3.33. The van der Waals surface area contributed by atoms with Crippen LogP contribution in [-0.2, 0) is 11.4 Å². The SMILES string of the molecule is COc1cc(/C=N\NC(C)=O)ccc1OCc1ccccc1Cl. The zero-order chi connectivity index (χ0) is 16.7. The summed E-state index contributed by atoms with van der Waals surface area (Å²) in [4.78, 5) is 10.8. The Kier molecular flexibility index (Phi) is 6.00. The van der Waals surface area contributed by atoms with E-state index in [1.807, 2.05) is 30.3 Å². The lowest BCUT2D eigenvalue weighted by molar-refractivity contribution is -0.118. The molecule has 1 amide bonds. The van der Waals surface area contributed by atoms with Gasteiger partial charge in [0.1, 0.15) is 6.61 Å². The molecule has 0 saturated carbocycles. The van der Waals surface area contributed by atoms with Gasteiger partial charge in [-0.15, -0.1) is 0 Å². The Morgan fingerprint density at radius 3 is 2.74 bits per heavy atom. The van der Waals surface area contributed by atoms with E-state index >= 15 is 0 Å². The molecule has 0 aliphatic carbocycles. The number of nitrogens with zero attached hydrogens (tertiary/aromatic N) is 1. The predicted molar refractivity (Wildman–Crippen MR) is 90.2 cm³/mol. The molecular weight excluding hydrogens is 316 g/mol. The van der Waals surface area contributed by atoms with E-state index < -0.39 is 0 Å². The number of carbonyl (C=O) groups is 1. The molecule has 0 unspecified atom stereocenters. The van der Waals surface area contributed by atoms with E-state index in [2.05, 4.69) is 10.5 Å². The van der Waals surface area contributed by atoms with E-state index in [4.69, 9.17) is 21.1 Å². The van der Waals surface area contributed by atoms with Gasteiger partial charge < -0.3 is 9.47 Å². The van der Waals surface area contributed by atoms with Gasteiger partial charge in [0.2, 0.25) is 5.91 Å². The molecule has 1 N–H and O–H groups in total. The van der Waals surface area contributed by atoms with E-state index in [-0.39, 0.29) is 5.91 Å². The van der Waals surface area contributed by atoms with Crippen LogP contribution in [0.1, 0.15) is 18.1 Å². The van der Waals surface area contributed by atoms with Crippen LogP contribution in [0.2, 0.25) is 5.02 Å². The summed E-state index contributed by atoms with van der Waals surface area (Å²) in [5.41, 5.74) is 4.02. The number of halogens is 1. The van der Waals surface area contributed by atoms with Crippen LogP contribution in [0.4, 0.5) is 0 Å². The Hall–Kier alpha value is -2.53. The summed E-state index contributed by atoms with van der Waals surface area (Å²) in [5.74, 6) is 0.945. The first-order valence-electron chi connectivity index (χ1n) is 6.94. The monoisotopic (exact) mass is 332 g/mol. The molecule has 120 valence electrons. The molecule has 23 heavy (non-hydrogen) atoms. The van der Waals surface area contributed by atoms with Crippen molar-refractivity contribution in [2.75, 3.05) is 7.11 Å². The molecule has 0 bridgehead atoms. The van der Waals surface area contributed by atoms with Crippen molar-refractivity contribution in [1.29, 1.82) is 0 Å². The molecule has 0 aliphatic rings. The summed E-state index contributed by atoms with van der Waals surface area (Å²) in [6.45, 7) is 1.74. The number of amides is 1. The number of nitrogens with one attached hydrogen (secondary N) is 1. The largest absolute Gasteiger partial charge is 0.493 e. The maximum atomic E-state index is 10.8. The summed E-state index contributed by atoms with van der Waals surface area (Å²) >= 11 is 6.11. The maximum absolute atomic E-state index is 10.8. The normalized spacial score (nSPS) is 10.6. The number of hydrogen-bond donors (Lipinski definition) is 1. The summed E-state index contributed by atoms with van der Waals surface area (Å²) in [5, 5.41) is 4.47. The molecule has 0 spiro atoms. The van der Waals surface area contributed by atoms with E-state index in [0.717, 1.165) is 11.1 Å². The van der Waals surface area contributed by atoms with Crippen molar-refractivity contribution >= 4 is 23.7 Å². The molecule has 0 heterocycles. The second kappa shape index (κ2) is 8.19. The van der Waals surface area contributed by atoms with Crippen LogP contribution >= 0.6 is 11.6 Å². The van der Waals surface area contributed by atoms with Gasteiger partial charge >= 0.3 is 0 Å². The maximum Gasteiger partial charge on any atom is 0.236 e. The minimum absolute atomic E-state index is 0.229. The minimum Gasteiger partial charge on any atom is -0.493 e. The molecule has 5 nitrogen and oxygen atoms in total. The van der Waals surface area contributed by atoms with E-state index in [1.54, 1.807) is 19.2 Å². The molecule has 0 radical (unpaired) electrons. The van der Waals surface area contributed by atoms with Gasteiger partial charge in [0.05, 0.1) is 13.3 Å². The third kappa shape index (κ3) is 5.00. The van der Waals surface area contributed by atoms with Gasteiger partial charge in [0, 0.05) is 17.5 Å². The van der Waals surface area contributed by atoms with Crippen LogP contribution in [0.25, 0.3) is 0 Å². The second-order valence-electron chi connectivity index (χ2n) is 4.72. The van der Waals surface area contributed by atoms with Gasteiger partial charge in [0.25, 0.3) is 0 Å². The molecule has 0 aliphatic heterocycles. The summed E-state index contributed by atoms with van der Waals surface area (Å²) < 4.78 is 11.1. The fourth-order valence-corrected chi connectivity index (χ4v) is 2.04. The fraction of sp³-hybridized carbons (Fsp3) is 0.176. The number of benzene rings is 2.